The van der Waals surface area contributed by atoms with E-state index in [0.717, 1.165) is 11.3 Å². The third-order valence-electron chi connectivity index (χ3n) is 4.55. The lowest BCUT2D eigenvalue weighted by molar-refractivity contribution is -0.286. The van der Waals surface area contributed by atoms with Crippen LogP contribution >= 0.6 is 0 Å². The second-order valence-corrected chi connectivity index (χ2v) is 7.46. The number of carbonyl (C=O) groups is 3. The van der Waals surface area contributed by atoms with E-state index in [0.29, 0.717) is 12.3 Å². The molecule has 1 aromatic rings. The highest BCUT2D eigenvalue weighted by molar-refractivity contribution is 6.09. The van der Waals surface area contributed by atoms with Crippen LogP contribution in [0.2, 0.25) is 0 Å². The number of alkyl halides is 2. The SMILES string of the molecule is CC(C)CC[C@]1(C)NC(=O)N(CC(=O)Nc2ccc3c(c2)OC(F)(F)O3)C1=O. The highest BCUT2D eigenvalue weighted by Gasteiger charge is 2.48. The molecule has 4 amide bonds. The Labute approximate surface area is 160 Å². The molecule has 0 spiro atoms. The number of halogens is 2. The predicted octanol–water partition coefficient (Wildman–Crippen LogP) is 2.69. The number of rotatable bonds is 6. The second-order valence-electron chi connectivity index (χ2n) is 7.46. The average Bonchev–Trinajstić information content (AvgIpc) is 3.00. The Morgan fingerprint density at radius 2 is 1.93 bits per heavy atom. The lowest BCUT2D eigenvalue weighted by atomic mass is 9.92. The van der Waals surface area contributed by atoms with Crippen LogP contribution in [-0.2, 0) is 9.59 Å². The first kappa shape index (κ1) is 19.8. The minimum Gasteiger partial charge on any atom is -0.395 e. The first-order chi connectivity index (χ1) is 13.0. The van der Waals surface area contributed by atoms with Gasteiger partial charge < -0.3 is 20.1 Å². The number of hydrogen-bond donors (Lipinski definition) is 2. The number of carbonyl (C=O) groups excluding carboxylic acids is 3. The fourth-order valence-corrected chi connectivity index (χ4v) is 3.01. The molecule has 8 nitrogen and oxygen atoms in total. The molecule has 0 aliphatic carbocycles. The van der Waals surface area contributed by atoms with Crippen LogP contribution in [0.25, 0.3) is 0 Å². The van der Waals surface area contributed by atoms with Gasteiger partial charge in [-0.3, -0.25) is 14.5 Å². The van der Waals surface area contributed by atoms with Gasteiger partial charge in [0.25, 0.3) is 5.91 Å². The zero-order valence-corrected chi connectivity index (χ0v) is 15.7. The topological polar surface area (TPSA) is 97.0 Å². The number of anilines is 1. The summed E-state index contributed by atoms with van der Waals surface area (Å²) in [5, 5.41) is 5.09. The molecule has 0 radical (unpaired) electrons. The Morgan fingerprint density at radius 1 is 1.25 bits per heavy atom. The van der Waals surface area contributed by atoms with Gasteiger partial charge in [-0.15, -0.1) is 8.78 Å². The molecule has 0 bridgehead atoms. The van der Waals surface area contributed by atoms with Gasteiger partial charge in [-0.05, 0) is 37.8 Å². The monoisotopic (exact) mass is 397 g/mol. The van der Waals surface area contributed by atoms with Crippen molar-refractivity contribution in [2.45, 2.75) is 45.4 Å². The maximum absolute atomic E-state index is 13.1. The number of ether oxygens (including phenoxy) is 2. The van der Waals surface area contributed by atoms with Crippen molar-refractivity contribution in [3.05, 3.63) is 18.2 Å². The second kappa shape index (κ2) is 6.92. The summed E-state index contributed by atoms with van der Waals surface area (Å²) in [5.74, 6) is -1.14. The Morgan fingerprint density at radius 3 is 2.61 bits per heavy atom. The van der Waals surface area contributed by atoms with Gasteiger partial charge in [0, 0.05) is 11.8 Å². The van der Waals surface area contributed by atoms with Crippen molar-refractivity contribution in [3.8, 4) is 11.5 Å². The van der Waals surface area contributed by atoms with Gasteiger partial charge in [0.2, 0.25) is 5.91 Å². The Hall–Kier alpha value is -2.91. The minimum atomic E-state index is -3.76. The van der Waals surface area contributed by atoms with Gasteiger partial charge in [-0.2, -0.15) is 0 Å². The Bertz CT molecular complexity index is 829. The lowest BCUT2D eigenvalue weighted by Crippen LogP contribution is -2.44. The molecule has 1 saturated heterocycles. The smallest absolute Gasteiger partial charge is 0.395 e. The van der Waals surface area contributed by atoms with Crippen LogP contribution in [0.4, 0.5) is 19.3 Å². The van der Waals surface area contributed by atoms with Crippen LogP contribution in [0.3, 0.4) is 0 Å². The number of amides is 4. The molecule has 3 rings (SSSR count). The maximum Gasteiger partial charge on any atom is 0.586 e. The standard InChI is InChI=1S/C18H21F2N3O5/c1-10(2)6-7-17(3)15(25)23(16(26)22-17)9-14(24)21-11-4-5-12-13(8-11)28-18(19,20)27-12/h4-5,8,10H,6-7,9H2,1-3H3,(H,21,24)(H,22,26)/t17-/m0/s1. The molecule has 0 unspecified atom stereocenters. The van der Waals surface area contributed by atoms with Crippen LogP contribution < -0.4 is 20.1 Å². The number of urea groups is 1. The van der Waals surface area contributed by atoms with E-state index in [1.54, 1.807) is 6.92 Å². The van der Waals surface area contributed by atoms with E-state index in [2.05, 4.69) is 20.1 Å². The molecule has 2 aliphatic rings. The van der Waals surface area contributed by atoms with E-state index in [4.69, 9.17) is 0 Å². The molecule has 1 aromatic carbocycles. The average molecular weight is 397 g/mol. The molecule has 152 valence electrons. The molecule has 0 aromatic heterocycles. The fourth-order valence-electron chi connectivity index (χ4n) is 3.01. The molecule has 2 heterocycles. The van der Waals surface area contributed by atoms with Crippen molar-refractivity contribution in [2.24, 2.45) is 5.92 Å². The number of hydrogen-bond acceptors (Lipinski definition) is 5. The van der Waals surface area contributed by atoms with Gasteiger partial charge >= 0.3 is 12.3 Å². The molecule has 10 heteroatoms. The van der Waals surface area contributed by atoms with E-state index in [1.165, 1.54) is 18.2 Å². The van der Waals surface area contributed by atoms with Crippen molar-refractivity contribution in [2.75, 3.05) is 11.9 Å². The Kier molecular flexibility index (Phi) is 4.90. The number of nitrogens with zero attached hydrogens (tertiary/aromatic N) is 1. The van der Waals surface area contributed by atoms with Crippen molar-refractivity contribution < 1.29 is 32.6 Å². The van der Waals surface area contributed by atoms with E-state index in [-0.39, 0.29) is 17.2 Å². The molecule has 1 fully saturated rings. The molecular weight excluding hydrogens is 376 g/mol. The molecule has 0 saturated carbocycles. The van der Waals surface area contributed by atoms with E-state index in [1.807, 2.05) is 13.8 Å². The van der Waals surface area contributed by atoms with Crippen LogP contribution in [0.15, 0.2) is 18.2 Å². The number of imide groups is 1. The third-order valence-corrected chi connectivity index (χ3v) is 4.55. The first-order valence-electron chi connectivity index (χ1n) is 8.83. The van der Waals surface area contributed by atoms with Gasteiger partial charge in [0.1, 0.15) is 12.1 Å². The highest BCUT2D eigenvalue weighted by Crippen LogP contribution is 2.42. The summed E-state index contributed by atoms with van der Waals surface area (Å²) < 4.78 is 34.7. The zero-order chi connectivity index (χ0) is 20.7. The van der Waals surface area contributed by atoms with Crippen molar-refractivity contribution >= 4 is 23.5 Å². The first-order valence-corrected chi connectivity index (χ1v) is 8.83. The quantitative estimate of drug-likeness (QED) is 0.720. The highest BCUT2D eigenvalue weighted by atomic mass is 19.3. The van der Waals surface area contributed by atoms with Crippen molar-refractivity contribution in [1.82, 2.24) is 10.2 Å². The fraction of sp³-hybridized carbons (Fsp3) is 0.500. The Balaban J connectivity index is 1.62. The molecule has 1 atom stereocenters. The largest absolute Gasteiger partial charge is 0.586 e. The predicted molar refractivity (Wildman–Crippen MR) is 94.0 cm³/mol. The molecule has 2 N–H and O–H groups in total. The normalized spacial score (nSPS) is 22.6. The summed E-state index contributed by atoms with van der Waals surface area (Å²) in [7, 11) is 0. The third kappa shape index (κ3) is 4.00. The minimum absolute atomic E-state index is 0.155. The van der Waals surface area contributed by atoms with E-state index < -0.39 is 36.2 Å². The van der Waals surface area contributed by atoms with Gasteiger partial charge in [-0.25, -0.2) is 4.79 Å². The molecule has 2 aliphatic heterocycles. The van der Waals surface area contributed by atoms with Crippen LogP contribution in [0.5, 0.6) is 11.5 Å². The van der Waals surface area contributed by atoms with Crippen LogP contribution in [-0.4, -0.2) is 41.1 Å². The summed E-state index contributed by atoms with van der Waals surface area (Å²) in [6, 6.07) is 3.10. The summed E-state index contributed by atoms with van der Waals surface area (Å²) >= 11 is 0. The van der Waals surface area contributed by atoms with Crippen molar-refractivity contribution in [1.29, 1.82) is 0 Å². The van der Waals surface area contributed by atoms with E-state index in [9.17, 15) is 23.2 Å². The van der Waals surface area contributed by atoms with E-state index >= 15 is 0 Å². The summed E-state index contributed by atoms with van der Waals surface area (Å²) in [6.45, 7) is 5.16. The summed E-state index contributed by atoms with van der Waals surface area (Å²) in [4.78, 5) is 37.9. The van der Waals surface area contributed by atoms with Crippen LogP contribution in [0.1, 0.15) is 33.6 Å². The summed E-state index contributed by atoms with van der Waals surface area (Å²) in [6.07, 6.45) is -2.56. The number of benzene rings is 1. The van der Waals surface area contributed by atoms with Gasteiger partial charge in [0.15, 0.2) is 11.5 Å². The lowest BCUT2D eigenvalue weighted by Gasteiger charge is -2.22. The van der Waals surface area contributed by atoms with Crippen molar-refractivity contribution in [3.63, 3.8) is 0 Å². The van der Waals surface area contributed by atoms with Gasteiger partial charge in [0.05, 0.1) is 0 Å². The number of fused-ring (bicyclic) bond motifs is 1. The molecular formula is C18H21F2N3O5. The number of nitrogens with one attached hydrogen (secondary N) is 2. The zero-order valence-electron chi connectivity index (χ0n) is 15.7. The summed E-state index contributed by atoms with van der Waals surface area (Å²) in [5.41, 5.74) is -0.883. The van der Waals surface area contributed by atoms with Crippen LogP contribution in [0, 0.1) is 5.92 Å². The maximum atomic E-state index is 13.1. The van der Waals surface area contributed by atoms with Gasteiger partial charge in [-0.1, -0.05) is 13.8 Å². The molecule has 28 heavy (non-hydrogen) atoms.